The molecule has 12 heteroatoms. The Labute approximate surface area is 299 Å². The largest absolute Gasteiger partial charge is 0.459 e. The van der Waals surface area contributed by atoms with Gasteiger partial charge < -0.3 is 29.8 Å². The molecular weight excluding hydrogens is 662 g/mol. The van der Waals surface area contributed by atoms with Crippen LogP contribution in [0, 0.1) is 0 Å². The van der Waals surface area contributed by atoms with E-state index in [0.29, 0.717) is 5.69 Å². The summed E-state index contributed by atoms with van der Waals surface area (Å²) in [6, 6.07) is 32.8. The Bertz CT molecular complexity index is 2100. The fourth-order valence-electron chi connectivity index (χ4n) is 5.50. The molecule has 3 N–H and O–H groups in total. The van der Waals surface area contributed by atoms with Crippen LogP contribution in [0.1, 0.15) is 27.9 Å². The second-order valence-electron chi connectivity index (χ2n) is 12.0. The zero-order valence-electron chi connectivity index (χ0n) is 28.1. The number of amides is 2. The van der Waals surface area contributed by atoms with Gasteiger partial charge in [0.25, 0.3) is 0 Å². The summed E-state index contributed by atoms with van der Waals surface area (Å²) in [6.07, 6.45) is 2.92. The van der Waals surface area contributed by atoms with Crippen LogP contribution < -0.4 is 10.6 Å². The number of benzene rings is 4. The van der Waals surface area contributed by atoms with Crippen molar-refractivity contribution in [3.05, 3.63) is 162 Å². The van der Waals surface area contributed by atoms with Crippen molar-refractivity contribution in [3.63, 3.8) is 0 Å². The predicted molar refractivity (Wildman–Crippen MR) is 192 cm³/mol. The summed E-state index contributed by atoms with van der Waals surface area (Å²) in [5, 5.41) is 6.30. The summed E-state index contributed by atoms with van der Waals surface area (Å²) in [6.45, 7) is 0.0361. The van der Waals surface area contributed by atoms with Crippen LogP contribution in [0.15, 0.2) is 134 Å². The Hall–Kier alpha value is -6.69. The Kier molecular flexibility index (Phi) is 11.7. The lowest BCUT2D eigenvalue weighted by Gasteiger charge is -2.22. The van der Waals surface area contributed by atoms with Crippen LogP contribution in [0.25, 0.3) is 10.9 Å². The van der Waals surface area contributed by atoms with E-state index >= 15 is 0 Å². The van der Waals surface area contributed by atoms with E-state index in [-0.39, 0.29) is 32.7 Å². The smallest absolute Gasteiger partial charge is 0.419 e. The van der Waals surface area contributed by atoms with Crippen LogP contribution in [0.4, 0.5) is 9.59 Å². The fraction of sp³-hybridized carbons (Fsp3) is 0.175. The second kappa shape index (κ2) is 17.3. The van der Waals surface area contributed by atoms with E-state index in [1.54, 1.807) is 18.3 Å². The van der Waals surface area contributed by atoms with E-state index in [0.717, 1.165) is 37.7 Å². The van der Waals surface area contributed by atoms with Crippen LogP contribution >= 0.6 is 0 Å². The third-order valence-corrected chi connectivity index (χ3v) is 8.21. The molecule has 0 aliphatic heterocycles. The van der Waals surface area contributed by atoms with Crippen molar-refractivity contribution < 1.29 is 33.4 Å². The van der Waals surface area contributed by atoms with E-state index in [2.05, 4.69) is 20.6 Å². The number of hydrogen-bond acceptors (Lipinski definition) is 8. The molecule has 0 saturated heterocycles. The van der Waals surface area contributed by atoms with E-state index < -0.39 is 36.1 Å². The molecule has 0 radical (unpaired) electrons. The van der Waals surface area contributed by atoms with Crippen LogP contribution in [0.5, 0.6) is 0 Å². The predicted octanol–water partition coefficient (Wildman–Crippen LogP) is 5.86. The highest BCUT2D eigenvalue weighted by Crippen LogP contribution is 2.20. The number of rotatable bonds is 14. The first kappa shape index (κ1) is 35.1. The van der Waals surface area contributed by atoms with Gasteiger partial charge >= 0.3 is 18.2 Å². The molecule has 0 aliphatic carbocycles. The molecule has 2 heterocycles. The summed E-state index contributed by atoms with van der Waals surface area (Å²) in [5.41, 5.74) is 4.32. The molecule has 264 valence electrons. The summed E-state index contributed by atoms with van der Waals surface area (Å²) in [7, 11) is 0. The molecule has 0 saturated carbocycles. The number of ether oxygens (including phenoxy) is 3. The van der Waals surface area contributed by atoms with Gasteiger partial charge in [-0.1, -0.05) is 109 Å². The number of aromatic nitrogens is 3. The highest BCUT2D eigenvalue weighted by Gasteiger charge is 2.30. The Morgan fingerprint density at radius 2 is 1.23 bits per heavy atom. The minimum atomic E-state index is -1.25. The van der Waals surface area contributed by atoms with Gasteiger partial charge in [-0.05, 0) is 28.3 Å². The van der Waals surface area contributed by atoms with Crippen LogP contribution in [-0.2, 0) is 56.5 Å². The number of aromatic amines is 1. The molecule has 52 heavy (non-hydrogen) atoms. The van der Waals surface area contributed by atoms with Gasteiger partial charge in [-0.25, -0.2) is 23.9 Å². The van der Waals surface area contributed by atoms with Crippen molar-refractivity contribution in [1.82, 2.24) is 25.2 Å². The van der Waals surface area contributed by atoms with Gasteiger partial charge in [-0.3, -0.25) is 4.79 Å². The molecule has 0 aliphatic rings. The number of alkyl carbamates (subject to hydrolysis) is 1. The Balaban J connectivity index is 1.19. The van der Waals surface area contributed by atoms with Gasteiger partial charge in [0.15, 0.2) is 0 Å². The first-order valence-corrected chi connectivity index (χ1v) is 16.7. The molecule has 0 unspecified atom stereocenters. The average molecular weight is 700 g/mol. The van der Waals surface area contributed by atoms with Crippen molar-refractivity contribution >= 4 is 35.0 Å². The fourth-order valence-corrected chi connectivity index (χ4v) is 5.50. The first-order valence-electron chi connectivity index (χ1n) is 16.7. The minimum absolute atomic E-state index is 0.00518. The zero-order valence-corrected chi connectivity index (χ0v) is 28.1. The lowest BCUT2D eigenvalue weighted by molar-refractivity contribution is -0.149. The van der Waals surface area contributed by atoms with Crippen LogP contribution in [0.3, 0.4) is 0 Å². The molecule has 2 amide bonds. The minimum Gasteiger partial charge on any atom is -0.459 e. The number of hydrogen-bond donors (Lipinski definition) is 3. The summed E-state index contributed by atoms with van der Waals surface area (Å²) in [4.78, 5) is 60.9. The molecule has 4 aromatic carbocycles. The molecule has 2 atom stereocenters. The molecule has 0 bridgehead atoms. The summed E-state index contributed by atoms with van der Waals surface area (Å²) in [5.74, 6) is -1.34. The molecule has 2 aromatic heterocycles. The quantitative estimate of drug-likeness (QED) is 0.0945. The number of carbonyl (C=O) groups is 4. The Morgan fingerprint density at radius 1 is 0.654 bits per heavy atom. The van der Waals surface area contributed by atoms with Gasteiger partial charge in [0.2, 0.25) is 5.91 Å². The number of para-hydroxylation sites is 1. The maximum absolute atomic E-state index is 14.0. The van der Waals surface area contributed by atoms with Gasteiger partial charge in [0.05, 0.1) is 5.69 Å². The molecule has 0 fully saturated rings. The number of nitrogens with one attached hydrogen (secondary N) is 3. The Morgan fingerprint density at radius 3 is 1.88 bits per heavy atom. The third kappa shape index (κ3) is 9.72. The monoisotopic (exact) mass is 699 g/mol. The maximum Gasteiger partial charge on any atom is 0.419 e. The van der Waals surface area contributed by atoms with Crippen LogP contribution in [0.2, 0.25) is 0 Å². The second-order valence-corrected chi connectivity index (χ2v) is 12.0. The van der Waals surface area contributed by atoms with Crippen molar-refractivity contribution in [3.8, 4) is 0 Å². The third-order valence-electron chi connectivity index (χ3n) is 8.21. The van der Waals surface area contributed by atoms with Gasteiger partial charge in [0, 0.05) is 36.1 Å². The van der Waals surface area contributed by atoms with E-state index in [9.17, 15) is 19.2 Å². The topological polar surface area (TPSA) is 154 Å². The molecule has 6 rings (SSSR count). The molecular formula is C40H37N5O7. The SMILES string of the molecule is O=C(N[C@@H](Cc1cn(C(=O)OCc2ccccc2)cn1)C(=O)N[C@@H](Cc1c[nH]c2ccccc12)C(=O)OCc1ccccc1)OCc1ccccc1. The highest BCUT2D eigenvalue weighted by molar-refractivity contribution is 5.91. The zero-order chi connectivity index (χ0) is 36.1. The molecule has 12 nitrogen and oxygen atoms in total. The van der Waals surface area contributed by atoms with Crippen molar-refractivity contribution in [2.24, 2.45) is 0 Å². The normalized spacial score (nSPS) is 12.0. The van der Waals surface area contributed by atoms with Gasteiger partial charge in [0.1, 0.15) is 38.2 Å². The van der Waals surface area contributed by atoms with Crippen molar-refractivity contribution in [2.45, 2.75) is 44.7 Å². The highest BCUT2D eigenvalue weighted by atomic mass is 16.6. The number of nitrogens with zero attached hydrogens (tertiary/aromatic N) is 2. The van der Waals surface area contributed by atoms with Crippen LogP contribution in [-0.4, -0.2) is 50.7 Å². The summed E-state index contributed by atoms with van der Waals surface area (Å²) < 4.78 is 17.6. The lowest BCUT2D eigenvalue weighted by Crippen LogP contribution is -2.53. The standard InChI is InChI=1S/C40H37N5O7/c46-37(43-36(38(47)50-24-28-12-4-1-5-13-28)20-31-22-41-34-19-11-10-18-33(31)34)35(44-39(48)51-25-29-14-6-2-7-15-29)21-32-23-45(27-42-32)40(49)52-26-30-16-8-3-9-17-30/h1-19,22-23,27,35-36,41H,20-21,24-26H2,(H,43,46)(H,44,48)/t35-,36-/m0/s1. The van der Waals surface area contributed by atoms with Crippen molar-refractivity contribution in [2.75, 3.05) is 0 Å². The van der Waals surface area contributed by atoms with E-state index in [4.69, 9.17) is 14.2 Å². The lowest BCUT2D eigenvalue weighted by atomic mass is 10.0. The van der Waals surface area contributed by atoms with Gasteiger partial charge in [-0.15, -0.1) is 0 Å². The molecule has 6 aromatic rings. The maximum atomic E-state index is 14.0. The first-order chi connectivity index (χ1) is 25.4. The van der Waals surface area contributed by atoms with E-state index in [1.807, 2.05) is 103 Å². The number of fused-ring (bicyclic) bond motifs is 1. The molecule has 0 spiro atoms. The number of carbonyl (C=O) groups excluding carboxylic acids is 4. The number of esters is 1. The number of H-pyrrole nitrogens is 1. The summed E-state index contributed by atoms with van der Waals surface area (Å²) >= 11 is 0. The van der Waals surface area contributed by atoms with Crippen molar-refractivity contribution in [1.29, 1.82) is 0 Å². The average Bonchev–Trinajstić information content (AvgIpc) is 3.83. The van der Waals surface area contributed by atoms with Gasteiger partial charge in [-0.2, -0.15) is 0 Å². The van der Waals surface area contributed by atoms with E-state index in [1.165, 1.54) is 12.5 Å². The number of imidazole rings is 1.